The molecule has 0 aliphatic rings. The molecule has 7 nitrogen and oxygen atoms in total. The molecule has 0 fully saturated rings. The van der Waals surface area contributed by atoms with Crippen molar-refractivity contribution in [2.75, 3.05) is 17.2 Å². The van der Waals surface area contributed by atoms with Gasteiger partial charge in [0, 0.05) is 0 Å². The summed E-state index contributed by atoms with van der Waals surface area (Å²) in [4.78, 5) is 10.5. The van der Waals surface area contributed by atoms with Crippen LogP contribution in [0.25, 0.3) is 0 Å². The first kappa shape index (κ1) is 19.2. The Labute approximate surface area is 135 Å². The van der Waals surface area contributed by atoms with E-state index in [2.05, 4.69) is 34.0 Å². The fraction of sp³-hybridized carbons (Fsp3) is 0.100. The van der Waals surface area contributed by atoms with Crippen LogP contribution in [0.2, 0.25) is 0 Å². The number of aryl methyl sites for hydroxylation is 1. The van der Waals surface area contributed by atoms with Gasteiger partial charge in [-0.2, -0.15) is 15.0 Å². The Balaban J connectivity index is 0. The summed E-state index contributed by atoms with van der Waals surface area (Å²) in [5.41, 5.74) is 16.7. The minimum atomic E-state index is 0. The van der Waals surface area contributed by atoms with Gasteiger partial charge < -0.3 is 22.7 Å². The molecule has 2 rings (SSSR count). The number of nitrogens with zero attached hydrogens (tertiary/aromatic N) is 3. The molecule has 2 aromatic rings. The normalized spacial score (nSPS) is 8.06. The summed E-state index contributed by atoms with van der Waals surface area (Å²) < 4.78 is 0. The van der Waals surface area contributed by atoms with E-state index in [1.54, 1.807) is 0 Å². The van der Waals surface area contributed by atoms with Crippen LogP contribution in [0.15, 0.2) is 30.3 Å². The van der Waals surface area contributed by atoms with Crippen LogP contribution in [0, 0.1) is 6.92 Å². The number of hydrogen-bond donors (Lipinski definition) is 3. The van der Waals surface area contributed by atoms with Gasteiger partial charge in [-0.05, 0) is 6.92 Å². The van der Waals surface area contributed by atoms with Gasteiger partial charge in [-0.25, -0.2) is 0 Å². The molecule has 0 atom stereocenters. The summed E-state index contributed by atoms with van der Waals surface area (Å²) in [6.07, 6.45) is 0. The van der Waals surface area contributed by atoms with E-state index in [9.17, 15) is 0 Å². The predicted octanol–water partition coefficient (Wildman–Crippen LogP) is -1.13. The maximum atomic E-state index is 5.14. The molecule has 1 aromatic heterocycles. The Morgan fingerprint density at radius 3 is 1.33 bits per heavy atom. The second-order valence-electron chi connectivity index (χ2n) is 3.06. The van der Waals surface area contributed by atoms with E-state index in [1.807, 2.05) is 18.2 Å². The van der Waals surface area contributed by atoms with Crippen molar-refractivity contribution in [3.05, 3.63) is 35.9 Å². The topological polar surface area (TPSA) is 148 Å². The van der Waals surface area contributed by atoms with Crippen LogP contribution in [0.4, 0.5) is 17.8 Å². The molecule has 0 spiro atoms. The van der Waals surface area contributed by atoms with Crippen molar-refractivity contribution in [2.24, 2.45) is 0 Å². The summed E-state index contributed by atoms with van der Waals surface area (Å²) in [7, 11) is 0. The Morgan fingerprint density at radius 2 is 1.11 bits per heavy atom. The molecule has 0 bridgehead atoms. The van der Waals surface area contributed by atoms with Crippen LogP contribution >= 0.6 is 0 Å². The van der Waals surface area contributed by atoms with Crippen LogP contribution in [-0.2, 0) is 0 Å². The average Bonchev–Trinajstić information content (AvgIpc) is 2.17. The zero-order chi connectivity index (χ0) is 12.0. The monoisotopic (exact) mass is 278 g/mol. The van der Waals surface area contributed by atoms with Crippen LogP contribution in [0.5, 0.6) is 0 Å². The van der Waals surface area contributed by atoms with Crippen molar-refractivity contribution in [3.8, 4) is 0 Å². The number of rotatable bonds is 0. The van der Waals surface area contributed by atoms with E-state index in [0.29, 0.717) is 0 Å². The van der Waals surface area contributed by atoms with E-state index >= 15 is 0 Å². The summed E-state index contributed by atoms with van der Waals surface area (Å²) in [5, 5.41) is 0. The van der Waals surface area contributed by atoms with Crippen LogP contribution in [0.3, 0.4) is 0 Å². The van der Waals surface area contributed by atoms with Crippen molar-refractivity contribution in [1.82, 2.24) is 15.0 Å². The van der Waals surface area contributed by atoms with Crippen LogP contribution in [-0.4, -0.2) is 58.2 Å². The average molecular weight is 278 g/mol. The van der Waals surface area contributed by atoms with Gasteiger partial charge in [-0.3, -0.25) is 0 Å². The predicted molar refractivity (Wildman–Crippen MR) is 76.4 cm³/mol. The first-order valence-corrected chi connectivity index (χ1v) is 4.62. The van der Waals surface area contributed by atoms with Crippen molar-refractivity contribution in [3.63, 3.8) is 0 Å². The molecule has 1 aromatic carbocycles. The number of anilines is 3. The summed E-state index contributed by atoms with van der Waals surface area (Å²) >= 11 is 0. The summed E-state index contributed by atoms with van der Waals surface area (Å²) in [5.74, 6) is 0.125. The Bertz CT molecular complexity index is 403. The van der Waals surface area contributed by atoms with Crippen molar-refractivity contribution in [1.29, 1.82) is 0 Å². The SMILES string of the molecule is Cc1ccccc1.Nc1nc(N)nc(N)n1.O.[CaH2]. The van der Waals surface area contributed by atoms with Crippen molar-refractivity contribution in [2.45, 2.75) is 6.92 Å². The fourth-order valence-corrected chi connectivity index (χ4v) is 0.961. The van der Waals surface area contributed by atoms with Gasteiger partial charge in [-0.1, -0.05) is 35.9 Å². The van der Waals surface area contributed by atoms with Gasteiger partial charge in [0.25, 0.3) is 0 Å². The van der Waals surface area contributed by atoms with Gasteiger partial charge in [0.15, 0.2) is 0 Å². The van der Waals surface area contributed by atoms with Gasteiger partial charge >= 0.3 is 37.7 Å². The minimum absolute atomic E-state index is 0. The number of benzene rings is 1. The van der Waals surface area contributed by atoms with Crippen molar-refractivity contribution >= 4 is 55.6 Å². The summed E-state index contributed by atoms with van der Waals surface area (Å²) in [6.45, 7) is 2.08. The molecule has 1 heterocycles. The molecule has 0 unspecified atom stereocenters. The number of nitrogen functional groups attached to an aromatic ring is 3. The molecular formula is C10H18CaN6O. The third kappa shape index (κ3) is 8.02. The first-order chi connectivity index (χ1) is 7.58. The van der Waals surface area contributed by atoms with Crippen LogP contribution in [0.1, 0.15) is 5.56 Å². The molecule has 8 N–H and O–H groups in total. The summed E-state index contributed by atoms with van der Waals surface area (Å²) in [6, 6.07) is 10.3. The third-order valence-electron chi connectivity index (χ3n) is 1.63. The first-order valence-electron chi connectivity index (χ1n) is 4.62. The second-order valence-corrected chi connectivity index (χ2v) is 3.06. The molecule has 0 amide bonds. The van der Waals surface area contributed by atoms with Gasteiger partial charge in [0.1, 0.15) is 0 Å². The molecule has 8 heteroatoms. The third-order valence-corrected chi connectivity index (χ3v) is 1.63. The second kappa shape index (κ2) is 9.84. The van der Waals surface area contributed by atoms with Gasteiger partial charge in [0.2, 0.25) is 17.8 Å². The zero-order valence-corrected chi connectivity index (χ0v) is 9.46. The fourth-order valence-electron chi connectivity index (χ4n) is 0.961. The Hall–Kier alpha value is -1.15. The van der Waals surface area contributed by atoms with E-state index in [4.69, 9.17) is 17.2 Å². The van der Waals surface area contributed by atoms with Gasteiger partial charge in [0.05, 0.1) is 0 Å². The number of aromatic nitrogens is 3. The van der Waals surface area contributed by atoms with Crippen molar-refractivity contribution < 1.29 is 5.48 Å². The van der Waals surface area contributed by atoms with E-state index in [0.717, 1.165) is 0 Å². The van der Waals surface area contributed by atoms with E-state index in [1.165, 1.54) is 5.56 Å². The van der Waals surface area contributed by atoms with Crippen LogP contribution < -0.4 is 17.2 Å². The zero-order valence-electron chi connectivity index (χ0n) is 9.46. The van der Waals surface area contributed by atoms with E-state index in [-0.39, 0.29) is 61.1 Å². The number of hydrogen-bond acceptors (Lipinski definition) is 6. The van der Waals surface area contributed by atoms with E-state index < -0.39 is 0 Å². The molecule has 18 heavy (non-hydrogen) atoms. The molecule has 96 valence electrons. The maximum absolute atomic E-state index is 5.14. The quantitative estimate of drug-likeness (QED) is 0.519. The Kier molecular flexibility index (Phi) is 10.5. The standard InChI is InChI=1S/C7H8.C3H6N6.Ca.H2O.2H/c1-7-5-3-2-4-6-7;4-1-7-2(5)9-3(6)8-1;;;;/h2-6H,1H3;(H6,4,5,6,7,8,9);;1H2;;. The molecule has 0 saturated carbocycles. The number of nitrogens with two attached hydrogens (primary N) is 3. The molecular weight excluding hydrogens is 260 g/mol. The molecule has 0 radical (unpaired) electrons. The molecule has 0 saturated heterocycles. The van der Waals surface area contributed by atoms with Gasteiger partial charge in [-0.15, -0.1) is 0 Å². The Morgan fingerprint density at radius 1 is 0.778 bits per heavy atom. The molecule has 0 aliphatic carbocycles. The molecule has 0 aliphatic heterocycles.